The highest BCUT2D eigenvalue weighted by Crippen LogP contribution is 2.23. The topological polar surface area (TPSA) is 37.3 Å². The highest BCUT2D eigenvalue weighted by molar-refractivity contribution is 14.1. The van der Waals surface area contributed by atoms with Gasteiger partial charge in [-0.25, -0.2) is 9.18 Å². The molecule has 0 bridgehead atoms. The zero-order chi connectivity index (χ0) is 10.7. The fraction of sp³-hybridized carbons (Fsp3) is 0. The van der Waals surface area contributed by atoms with Crippen LogP contribution >= 0.6 is 38.5 Å². The van der Waals surface area contributed by atoms with Gasteiger partial charge < -0.3 is 5.11 Å². The van der Waals surface area contributed by atoms with Gasteiger partial charge in [0, 0.05) is 14.1 Å². The zero-order valence-electron chi connectivity index (χ0n) is 6.80. The molecule has 0 saturated carbocycles. The third kappa shape index (κ3) is 3.06. The minimum atomic E-state index is -1.06. The molecule has 0 amide bonds. The molecule has 0 aliphatic heterocycles. The van der Waals surface area contributed by atoms with Gasteiger partial charge in [0.15, 0.2) is 0 Å². The lowest BCUT2D eigenvalue weighted by Gasteiger charge is -2.00. The van der Waals surface area contributed by atoms with E-state index in [-0.39, 0.29) is 5.82 Å². The van der Waals surface area contributed by atoms with Crippen LogP contribution in [0.2, 0.25) is 0 Å². The van der Waals surface area contributed by atoms with Crippen molar-refractivity contribution in [2.75, 3.05) is 0 Å². The third-order valence-corrected chi connectivity index (χ3v) is 2.96. The Labute approximate surface area is 102 Å². The normalized spacial score (nSPS) is 10.8. The second-order valence-electron chi connectivity index (χ2n) is 2.46. The molecule has 0 spiro atoms. The molecular formula is C9H5BrFIO2. The van der Waals surface area contributed by atoms with Gasteiger partial charge in [-0.05, 0) is 46.4 Å². The Bertz CT molecular complexity index is 404. The maximum absolute atomic E-state index is 13.1. The predicted octanol–water partition coefficient (Wildman–Crippen LogP) is 3.29. The molecular weight excluding hydrogens is 366 g/mol. The number of benzene rings is 1. The molecule has 5 heteroatoms. The highest BCUT2D eigenvalue weighted by Gasteiger charge is 2.04. The van der Waals surface area contributed by atoms with Crippen LogP contribution in [0.25, 0.3) is 6.08 Å². The van der Waals surface area contributed by atoms with Crippen LogP contribution in [0, 0.1) is 9.39 Å². The minimum Gasteiger partial charge on any atom is -0.478 e. The predicted molar refractivity (Wildman–Crippen MR) is 63.5 cm³/mol. The average molecular weight is 371 g/mol. The van der Waals surface area contributed by atoms with Gasteiger partial charge >= 0.3 is 5.97 Å². The van der Waals surface area contributed by atoms with E-state index in [1.807, 2.05) is 22.6 Å². The lowest BCUT2D eigenvalue weighted by atomic mass is 10.2. The van der Waals surface area contributed by atoms with Crippen molar-refractivity contribution in [2.24, 2.45) is 0 Å². The van der Waals surface area contributed by atoms with Crippen LogP contribution in [-0.4, -0.2) is 11.1 Å². The smallest absolute Gasteiger partial charge is 0.328 e. The maximum Gasteiger partial charge on any atom is 0.328 e. The summed E-state index contributed by atoms with van der Waals surface area (Å²) >= 11 is 5.08. The van der Waals surface area contributed by atoms with Gasteiger partial charge in [0.05, 0.1) is 0 Å². The molecule has 2 nitrogen and oxygen atoms in total. The van der Waals surface area contributed by atoms with Crippen LogP contribution in [-0.2, 0) is 4.79 Å². The molecule has 0 aromatic heterocycles. The summed E-state index contributed by atoms with van der Waals surface area (Å²) in [5, 5.41) is 8.39. The van der Waals surface area contributed by atoms with Crippen molar-refractivity contribution in [1.82, 2.24) is 0 Å². The maximum atomic E-state index is 13.1. The van der Waals surface area contributed by atoms with E-state index in [4.69, 9.17) is 5.11 Å². The first-order valence-electron chi connectivity index (χ1n) is 3.56. The third-order valence-electron chi connectivity index (χ3n) is 1.45. The molecule has 0 aliphatic carbocycles. The monoisotopic (exact) mass is 370 g/mol. The average Bonchev–Trinajstić information content (AvgIpc) is 2.09. The van der Waals surface area contributed by atoms with Crippen LogP contribution in [0.4, 0.5) is 4.39 Å². The molecule has 0 atom stereocenters. The number of rotatable bonds is 2. The second kappa shape index (κ2) is 4.88. The van der Waals surface area contributed by atoms with E-state index in [1.165, 1.54) is 12.1 Å². The van der Waals surface area contributed by atoms with E-state index in [1.54, 1.807) is 6.07 Å². The molecule has 0 heterocycles. The first-order chi connectivity index (χ1) is 6.50. The van der Waals surface area contributed by atoms with Crippen LogP contribution in [0.3, 0.4) is 0 Å². The SMILES string of the molecule is O=C(O)/C=C/c1cc(F)c(I)cc1Br. The van der Waals surface area contributed by atoms with Crippen molar-refractivity contribution in [3.8, 4) is 0 Å². The molecule has 0 fully saturated rings. The molecule has 0 aliphatic rings. The Morgan fingerprint density at radius 1 is 1.57 bits per heavy atom. The van der Waals surface area contributed by atoms with Crippen LogP contribution in [0.5, 0.6) is 0 Å². The summed E-state index contributed by atoms with van der Waals surface area (Å²) in [5.74, 6) is -1.42. The Kier molecular flexibility index (Phi) is 4.06. The van der Waals surface area contributed by atoms with Gasteiger partial charge in [-0.1, -0.05) is 15.9 Å². The van der Waals surface area contributed by atoms with Gasteiger partial charge in [-0.15, -0.1) is 0 Å². The first-order valence-corrected chi connectivity index (χ1v) is 5.43. The summed E-state index contributed by atoms with van der Waals surface area (Å²) in [6, 6.07) is 2.88. The summed E-state index contributed by atoms with van der Waals surface area (Å²) in [4.78, 5) is 10.2. The quantitative estimate of drug-likeness (QED) is 0.492. The number of hydrogen-bond acceptors (Lipinski definition) is 1. The summed E-state index contributed by atoms with van der Waals surface area (Å²) in [6.07, 6.45) is 2.30. The Balaban J connectivity index is 3.10. The molecule has 74 valence electrons. The fourth-order valence-electron chi connectivity index (χ4n) is 0.827. The molecule has 1 N–H and O–H groups in total. The largest absolute Gasteiger partial charge is 0.478 e. The fourth-order valence-corrected chi connectivity index (χ4v) is 2.20. The van der Waals surface area contributed by atoms with Crippen LogP contribution < -0.4 is 0 Å². The van der Waals surface area contributed by atoms with E-state index in [9.17, 15) is 9.18 Å². The van der Waals surface area contributed by atoms with E-state index >= 15 is 0 Å². The van der Waals surface area contributed by atoms with Gasteiger partial charge in [0.2, 0.25) is 0 Å². The Morgan fingerprint density at radius 3 is 2.79 bits per heavy atom. The molecule has 0 radical (unpaired) electrons. The van der Waals surface area contributed by atoms with Crippen molar-refractivity contribution < 1.29 is 14.3 Å². The standard InChI is InChI=1S/C9H5BrFIO2/c10-6-4-8(12)7(11)3-5(6)1-2-9(13)14/h1-4H,(H,13,14)/b2-1+. The molecule has 0 unspecified atom stereocenters. The number of carboxylic acids is 1. The van der Waals surface area contributed by atoms with Crippen molar-refractivity contribution >= 4 is 50.6 Å². The molecule has 1 rings (SSSR count). The highest BCUT2D eigenvalue weighted by atomic mass is 127. The summed E-state index contributed by atoms with van der Waals surface area (Å²) in [6.45, 7) is 0. The Morgan fingerprint density at radius 2 is 2.21 bits per heavy atom. The van der Waals surface area contributed by atoms with E-state index in [2.05, 4.69) is 15.9 Å². The molecule has 1 aromatic rings. The lowest BCUT2D eigenvalue weighted by molar-refractivity contribution is -0.131. The van der Waals surface area contributed by atoms with Crippen molar-refractivity contribution in [3.63, 3.8) is 0 Å². The van der Waals surface area contributed by atoms with Gasteiger partial charge in [-0.3, -0.25) is 0 Å². The van der Waals surface area contributed by atoms with Crippen molar-refractivity contribution in [3.05, 3.63) is 37.6 Å². The van der Waals surface area contributed by atoms with Gasteiger partial charge in [0.1, 0.15) is 5.82 Å². The van der Waals surface area contributed by atoms with E-state index in [0.717, 1.165) is 6.08 Å². The molecule has 0 saturated heterocycles. The van der Waals surface area contributed by atoms with E-state index in [0.29, 0.717) is 13.6 Å². The first kappa shape index (κ1) is 11.6. The zero-order valence-corrected chi connectivity index (χ0v) is 10.5. The van der Waals surface area contributed by atoms with E-state index < -0.39 is 5.97 Å². The summed E-state index contributed by atoms with van der Waals surface area (Å²) < 4.78 is 14.2. The number of aliphatic carboxylic acids is 1. The van der Waals surface area contributed by atoms with Crippen molar-refractivity contribution in [2.45, 2.75) is 0 Å². The summed E-state index contributed by atoms with van der Waals surface area (Å²) in [7, 11) is 0. The molecule has 1 aromatic carbocycles. The number of carbonyl (C=O) groups is 1. The Hall–Kier alpha value is -0.430. The van der Waals surface area contributed by atoms with Gasteiger partial charge in [0.25, 0.3) is 0 Å². The lowest BCUT2D eigenvalue weighted by Crippen LogP contribution is -1.88. The van der Waals surface area contributed by atoms with Crippen LogP contribution in [0.15, 0.2) is 22.7 Å². The second-order valence-corrected chi connectivity index (χ2v) is 4.48. The van der Waals surface area contributed by atoms with Gasteiger partial charge in [-0.2, -0.15) is 0 Å². The van der Waals surface area contributed by atoms with Crippen LogP contribution in [0.1, 0.15) is 5.56 Å². The number of carboxylic acid groups (broad SMARTS) is 1. The minimum absolute atomic E-state index is 0.362. The van der Waals surface area contributed by atoms with Crippen molar-refractivity contribution in [1.29, 1.82) is 0 Å². The number of hydrogen-bond donors (Lipinski definition) is 1. The molecule has 14 heavy (non-hydrogen) atoms. The number of halogens is 3. The summed E-state index contributed by atoms with van der Waals surface area (Å²) in [5.41, 5.74) is 0.505.